The largest absolute Gasteiger partial charge is 0.468 e. The lowest BCUT2D eigenvalue weighted by molar-refractivity contribution is -0.384. The van der Waals surface area contributed by atoms with Crippen LogP contribution in [0, 0.1) is 13.7 Å². The first-order valence-electron chi connectivity index (χ1n) is 7.52. The molecular formula is C16H16IN3O4. The van der Waals surface area contributed by atoms with Crippen LogP contribution in [-0.2, 0) is 6.54 Å². The smallest absolute Gasteiger partial charge is 0.270 e. The van der Waals surface area contributed by atoms with Crippen LogP contribution in [0.25, 0.3) is 0 Å². The van der Waals surface area contributed by atoms with Crippen molar-refractivity contribution in [1.29, 1.82) is 0 Å². The number of benzene rings is 1. The van der Waals surface area contributed by atoms with Crippen LogP contribution in [0.15, 0.2) is 41.0 Å². The van der Waals surface area contributed by atoms with Crippen molar-refractivity contribution in [2.75, 3.05) is 26.2 Å². The fraction of sp³-hybridized carbons (Fsp3) is 0.312. The van der Waals surface area contributed by atoms with Gasteiger partial charge in [0.2, 0.25) is 0 Å². The highest BCUT2D eigenvalue weighted by molar-refractivity contribution is 14.1. The monoisotopic (exact) mass is 441 g/mol. The molecule has 0 radical (unpaired) electrons. The van der Waals surface area contributed by atoms with Crippen LogP contribution >= 0.6 is 22.6 Å². The highest BCUT2D eigenvalue weighted by atomic mass is 127. The normalized spacial score (nSPS) is 15.5. The zero-order chi connectivity index (χ0) is 17.1. The van der Waals surface area contributed by atoms with Gasteiger partial charge >= 0.3 is 0 Å². The molecule has 24 heavy (non-hydrogen) atoms. The highest BCUT2D eigenvalue weighted by Gasteiger charge is 2.24. The van der Waals surface area contributed by atoms with Crippen LogP contribution in [0.3, 0.4) is 0 Å². The van der Waals surface area contributed by atoms with Crippen LogP contribution in [0.1, 0.15) is 16.1 Å². The molecule has 1 fully saturated rings. The molecule has 3 rings (SSSR count). The average molecular weight is 441 g/mol. The van der Waals surface area contributed by atoms with Gasteiger partial charge in [0.15, 0.2) is 0 Å². The standard InChI is InChI=1S/C16H16IN3O4/c17-15-10-12(20(22)23)3-4-14(15)16(21)19-7-5-18(6-8-19)11-13-2-1-9-24-13/h1-4,9-10H,5-8,11H2. The minimum atomic E-state index is -0.455. The highest BCUT2D eigenvalue weighted by Crippen LogP contribution is 2.21. The molecule has 1 aliphatic heterocycles. The van der Waals surface area contributed by atoms with Crippen LogP contribution < -0.4 is 0 Å². The zero-order valence-electron chi connectivity index (χ0n) is 12.9. The van der Waals surface area contributed by atoms with Crippen molar-refractivity contribution in [2.24, 2.45) is 0 Å². The summed E-state index contributed by atoms with van der Waals surface area (Å²) in [7, 11) is 0. The van der Waals surface area contributed by atoms with Gasteiger partial charge in [-0.15, -0.1) is 0 Å². The molecule has 2 heterocycles. The number of hydrogen-bond acceptors (Lipinski definition) is 5. The quantitative estimate of drug-likeness (QED) is 0.414. The third kappa shape index (κ3) is 3.75. The first-order chi connectivity index (χ1) is 11.5. The molecule has 0 atom stereocenters. The second kappa shape index (κ2) is 7.31. The van der Waals surface area contributed by atoms with E-state index in [1.807, 2.05) is 34.7 Å². The van der Waals surface area contributed by atoms with Crippen LogP contribution in [-0.4, -0.2) is 46.8 Å². The number of non-ortho nitro benzene ring substituents is 1. The Hall–Kier alpha value is -1.94. The number of furan rings is 1. The number of carbonyl (C=O) groups excluding carboxylic acids is 1. The van der Waals surface area contributed by atoms with Crippen LogP contribution in [0.4, 0.5) is 5.69 Å². The predicted octanol–water partition coefficient (Wildman–Crippen LogP) is 2.75. The van der Waals surface area contributed by atoms with Gasteiger partial charge in [-0.2, -0.15) is 0 Å². The van der Waals surface area contributed by atoms with E-state index in [0.717, 1.165) is 25.4 Å². The van der Waals surface area contributed by atoms with Crippen molar-refractivity contribution < 1.29 is 14.1 Å². The van der Waals surface area contributed by atoms with Gasteiger partial charge in [-0.1, -0.05) is 0 Å². The topological polar surface area (TPSA) is 79.8 Å². The van der Waals surface area contributed by atoms with Gasteiger partial charge in [0.05, 0.1) is 23.3 Å². The Balaban J connectivity index is 1.62. The molecule has 0 saturated carbocycles. The molecule has 1 saturated heterocycles. The molecule has 8 heteroatoms. The summed E-state index contributed by atoms with van der Waals surface area (Å²) in [5, 5.41) is 10.8. The first kappa shape index (κ1) is 16.9. The summed E-state index contributed by atoms with van der Waals surface area (Å²) in [5.41, 5.74) is 0.514. The molecule has 2 aromatic rings. The lowest BCUT2D eigenvalue weighted by Crippen LogP contribution is -2.48. The summed E-state index contributed by atoms with van der Waals surface area (Å²) in [6, 6.07) is 8.16. The number of piperazine rings is 1. The van der Waals surface area contributed by atoms with E-state index >= 15 is 0 Å². The van der Waals surface area contributed by atoms with Crippen LogP contribution in [0.5, 0.6) is 0 Å². The SMILES string of the molecule is O=C(c1ccc([N+](=O)[O-])cc1I)N1CCN(Cc2ccco2)CC1. The van der Waals surface area contributed by atoms with Gasteiger partial charge in [-0.3, -0.25) is 19.8 Å². The summed E-state index contributed by atoms with van der Waals surface area (Å²) in [6.07, 6.45) is 1.66. The fourth-order valence-corrected chi connectivity index (χ4v) is 3.42. The summed E-state index contributed by atoms with van der Waals surface area (Å²) >= 11 is 1.97. The lowest BCUT2D eigenvalue weighted by Gasteiger charge is -2.34. The molecule has 1 aliphatic rings. The number of carbonyl (C=O) groups is 1. The minimum absolute atomic E-state index is 0.000725. The Bertz CT molecular complexity index is 740. The summed E-state index contributed by atoms with van der Waals surface area (Å²) < 4.78 is 5.95. The third-order valence-electron chi connectivity index (χ3n) is 4.01. The number of halogens is 1. The molecule has 0 aliphatic carbocycles. The van der Waals surface area contributed by atoms with Gasteiger partial charge in [0.1, 0.15) is 5.76 Å². The number of hydrogen-bond donors (Lipinski definition) is 0. The Morgan fingerprint density at radius 2 is 2.00 bits per heavy atom. The van der Waals surface area contributed by atoms with Gasteiger partial charge in [-0.25, -0.2) is 0 Å². The van der Waals surface area contributed by atoms with Crippen molar-refractivity contribution in [1.82, 2.24) is 9.80 Å². The van der Waals surface area contributed by atoms with Crippen molar-refractivity contribution in [3.05, 3.63) is 61.6 Å². The van der Waals surface area contributed by atoms with E-state index in [9.17, 15) is 14.9 Å². The maximum atomic E-state index is 12.6. The van der Waals surface area contributed by atoms with Gasteiger partial charge in [0.25, 0.3) is 11.6 Å². The Morgan fingerprint density at radius 3 is 2.58 bits per heavy atom. The van der Waals surface area contributed by atoms with E-state index < -0.39 is 4.92 Å². The van der Waals surface area contributed by atoms with Crippen molar-refractivity contribution in [2.45, 2.75) is 6.54 Å². The van der Waals surface area contributed by atoms with Crippen molar-refractivity contribution >= 4 is 34.2 Å². The van der Waals surface area contributed by atoms with E-state index in [0.29, 0.717) is 22.2 Å². The number of nitro benzene ring substituents is 1. The average Bonchev–Trinajstić information content (AvgIpc) is 3.08. The van der Waals surface area contributed by atoms with Gasteiger partial charge in [-0.05, 0) is 40.8 Å². The molecule has 0 N–H and O–H groups in total. The summed E-state index contributed by atoms with van der Waals surface area (Å²) in [4.78, 5) is 27.0. The maximum Gasteiger partial charge on any atom is 0.270 e. The van der Waals surface area contributed by atoms with Crippen molar-refractivity contribution in [3.63, 3.8) is 0 Å². The van der Waals surface area contributed by atoms with Crippen LogP contribution in [0.2, 0.25) is 0 Å². The van der Waals surface area contributed by atoms with E-state index in [-0.39, 0.29) is 11.6 Å². The molecule has 7 nitrogen and oxygen atoms in total. The molecule has 126 valence electrons. The summed E-state index contributed by atoms with van der Waals surface area (Å²) in [6.45, 7) is 3.55. The lowest BCUT2D eigenvalue weighted by atomic mass is 10.1. The van der Waals surface area contributed by atoms with E-state index in [4.69, 9.17) is 4.42 Å². The van der Waals surface area contributed by atoms with Crippen molar-refractivity contribution in [3.8, 4) is 0 Å². The maximum absolute atomic E-state index is 12.6. The number of amides is 1. The van der Waals surface area contributed by atoms with E-state index in [1.54, 1.807) is 11.2 Å². The molecule has 1 aromatic carbocycles. The van der Waals surface area contributed by atoms with E-state index in [2.05, 4.69) is 4.90 Å². The predicted molar refractivity (Wildman–Crippen MR) is 95.7 cm³/mol. The van der Waals surface area contributed by atoms with Gasteiger partial charge < -0.3 is 9.32 Å². The number of rotatable bonds is 4. The van der Waals surface area contributed by atoms with E-state index in [1.165, 1.54) is 18.2 Å². The molecule has 0 bridgehead atoms. The summed E-state index contributed by atoms with van der Waals surface area (Å²) in [5.74, 6) is 0.839. The fourth-order valence-electron chi connectivity index (χ4n) is 2.69. The molecule has 0 spiro atoms. The molecular weight excluding hydrogens is 425 g/mol. The minimum Gasteiger partial charge on any atom is -0.468 e. The van der Waals surface area contributed by atoms with Gasteiger partial charge in [0, 0.05) is 41.9 Å². The Kier molecular flexibility index (Phi) is 5.14. The first-order valence-corrected chi connectivity index (χ1v) is 8.60. The zero-order valence-corrected chi connectivity index (χ0v) is 15.0. The molecule has 1 aromatic heterocycles. The Labute approximate surface area is 152 Å². The Morgan fingerprint density at radius 1 is 1.25 bits per heavy atom. The molecule has 1 amide bonds. The molecule has 0 unspecified atom stereocenters. The second-order valence-corrected chi connectivity index (χ2v) is 6.73. The second-order valence-electron chi connectivity index (χ2n) is 5.57. The number of nitro groups is 1. The third-order valence-corrected chi connectivity index (χ3v) is 4.91. The number of nitrogens with zero attached hydrogens (tertiary/aromatic N) is 3.